The molecule has 1 saturated carbocycles. The van der Waals surface area contributed by atoms with Gasteiger partial charge in [-0.1, -0.05) is 110 Å². The van der Waals surface area contributed by atoms with Gasteiger partial charge in [-0.15, -0.1) is 38.3 Å². The molecule has 5 rings (SSSR count). The lowest BCUT2D eigenvalue weighted by atomic mass is 9.86. The van der Waals surface area contributed by atoms with Crippen LogP contribution in [0.15, 0.2) is 79.7 Å². The second-order valence-corrected chi connectivity index (χ2v) is 13.3. The first kappa shape index (κ1) is 54.0. The zero-order valence-electron chi connectivity index (χ0n) is 36.2. The van der Waals surface area contributed by atoms with E-state index >= 15 is 0 Å². The lowest BCUT2D eigenvalue weighted by Crippen LogP contribution is -2.28. The topological polar surface area (TPSA) is 57.3 Å². The van der Waals surface area contributed by atoms with Gasteiger partial charge >= 0.3 is 0 Å². The van der Waals surface area contributed by atoms with Crippen LogP contribution in [0.25, 0.3) is 17.3 Å². The quantitative estimate of drug-likeness (QED) is 0.178. The van der Waals surface area contributed by atoms with Crippen LogP contribution in [-0.4, -0.2) is 49.9 Å². The van der Waals surface area contributed by atoms with E-state index in [1.54, 1.807) is 6.92 Å². The molecule has 1 aromatic heterocycles. The predicted octanol–water partition coefficient (Wildman–Crippen LogP) is 11.6. The third kappa shape index (κ3) is 21.4. The molecule has 5 nitrogen and oxygen atoms in total. The Morgan fingerprint density at radius 2 is 1.57 bits per heavy atom. The van der Waals surface area contributed by atoms with E-state index < -0.39 is 0 Å². The third-order valence-corrected chi connectivity index (χ3v) is 9.44. The Morgan fingerprint density at radius 3 is 2.02 bits per heavy atom. The molecule has 2 heterocycles. The van der Waals surface area contributed by atoms with Gasteiger partial charge in [0.05, 0.1) is 11.4 Å². The highest BCUT2D eigenvalue weighted by Gasteiger charge is 2.27. The number of likely N-dealkylation sites (N-methyl/N-ethyl adjacent to an activating group) is 2. The highest BCUT2D eigenvalue weighted by Crippen LogP contribution is 2.34. The molecule has 2 aliphatic carbocycles. The highest BCUT2D eigenvalue weighted by molar-refractivity contribution is 5.66. The summed E-state index contributed by atoms with van der Waals surface area (Å²) in [6.45, 7) is 35.4. The van der Waals surface area contributed by atoms with Crippen LogP contribution in [0.5, 0.6) is 0 Å². The number of hydrogen-bond acceptors (Lipinski definition) is 5. The summed E-state index contributed by atoms with van der Waals surface area (Å²) in [6, 6.07) is 13.4. The van der Waals surface area contributed by atoms with Gasteiger partial charge in [-0.25, -0.2) is 4.98 Å². The lowest BCUT2D eigenvalue weighted by molar-refractivity contribution is -0.0980. The predicted molar refractivity (Wildman–Crippen MR) is 242 cm³/mol. The summed E-state index contributed by atoms with van der Waals surface area (Å²) < 4.78 is 0. The molecule has 54 heavy (non-hydrogen) atoms. The van der Waals surface area contributed by atoms with Gasteiger partial charge in [-0.05, 0) is 100 Å². The number of rotatable bonds is 11. The Morgan fingerprint density at radius 1 is 1.02 bits per heavy atom. The second-order valence-electron chi connectivity index (χ2n) is 13.3. The van der Waals surface area contributed by atoms with Crippen molar-refractivity contribution in [2.24, 2.45) is 17.8 Å². The Hall–Kier alpha value is -4.32. The second kappa shape index (κ2) is 34.4. The molecule has 3 aliphatic rings. The van der Waals surface area contributed by atoms with E-state index in [2.05, 4.69) is 144 Å². The summed E-state index contributed by atoms with van der Waals surface area (Å²) >= 11 is 0. The van der Waals surface area contributed by atoms with Crippen molar-refractivity contribution in [3.05, 3.63) is 96.5 Å². The fourth-order valence-corrected chi connectivity index (χ4v) is 5.86. The summed E-state index contributed by atoms with van der Waals surface area (Å²) in [5.41, 5.74) is 10.5. The molecule has 0 amide bonds. The Labute approximate surface area is 334 Å². The highest BCUT2D eigenvalue weighted by atomic mass is 16.1. The van der Waals surface area contributed by atoms with E-state index in [-0.39, 0.29) is 0 Å². The molecule has 300 valence electrons. The third-order valence-electron chi connectivity index (χ3n) is 9.44. The molecule has 2 aromatic rings. The SMILES string of the molecule is C#C.C#CC.C=C.C=C(C(C)CCC)N1CCC(Cc2cc(-c3ccccc3)nc3c2CCC(CC)=C3)C1.C=C(NC)[C@H](C)NC.C=O.CC.CC1CC1. The minimum Gasteiger partial charge on any atom is -0.391 e. The number of benzene rings is 1. The smallest absolute Gasteiger partial charge is 0.106 e. The zero-order chi connectivity index (χ0) is 42.1. The molecule has 5 heteroatoms. The summed E-state index contributed by atoms with van der Waals surface area (Å²) in [7, 11) is 3.78. The number of allylic oxidation sites excluding steroid dienone is 2. The normalized spacial score (nSPS) is 15.3. The molecule has 1 saturated heterocycles. The van der Waals surface area contributed by atoms with E-state index in [1.807, 2.05) is 34.7 Å². The molecule has 2 N–H and O–H groups in total. The zero-order valence-corrected chi connectivity index (χ0v) is 36.2. The maximum atomic E-state index is 8.00. The fourth-order valence-electron chi connectivity index (χ4n) is 5.86. The first-order valence-corrected chi connectivity index (χ1v) is 19.9. The monoisotopic (exact) mass is 739 g/mol. The number of hydrogen-bond donors (Lipinski definition) is 2. The van der Waals surface area contributed by atoms with Gasteiger partial charge in [0.2, 0.25) is 0 Å². The van der Waals surface area contributed by atoms with Crippen LogP contribution in [0.3, 0.4) is 0 Å². The molecule has 0 bridgehead atoms. The maximum absolute atomic E-state index is 8.00. The molecule has 1 aromatic carbocycles. The minimum atomic E-state index is 0.361. The standard InChI is InChI=1S/C29H38N2.C6H14N2.C4H8.C3H4.C2H6.C2H4.C2H2.CH2O/c1-5-10-21(3)22(4)31-16-15-24(20-31)17-26-19-28(25-11-8-7-9-12-25)30-29-18-23(6-2)13-14-27(26)29;1-5(7-3)6(2)8-4;1-4-2-3-4;1-3-2;4*1-2/h7-9,11-12,18-19,21,24H,4-6,10,13-17,20H2,1-3H3;6-8H,1H2,2-4H3;4H,2-3H2,1H3;1H,2H3;1-2H3;1-2H2;1-2H;1H2/t;6-;;;;;;/m.0....../s1. The Balaban J connectivity index is -0.000000932. The van der Waals surface area contributed by atoms with E-state index in [0.29, 0.717) is 17.9 Å². The van der Waals surface area contributed by atoms with Crippen LogP contribution in [0, 0.1) is 42.9 Å². The molecule has 0 spiro atoms. The van der Waals surface area contributed by atoms with Crippen molar-refractivity contribution >= 4 is 12.9 Å². The molecular formula is C49H78N4O. The average molecular weight is 739 g/mol. The van der Waals surface area contributed by atoms with E-state index in [4.69, 9.17) is 9.78 Å². The first-order chi connectivity index (χ1) is 26.1. The van der Waals surface area contributed by atoms with Crippen molar-refractivity contribution in [1.82, 2.24) is 20.5 Å². The number of pyridine rings is 1. The first-order valence-electron chi connectivity index (χ1n) is 19.9. The van der Waals surface area contributed by atoms with Gasteiger partial charge in [-0.2, -0.15) is 0 Å². The summed E-state index contributed by atoms with van der Waals surface area (Å²) in [4.78, 5) is 15.7. The maximum Gasteiger partial charge on any atom is 0.106 e. The lowest BCUT2D eigenvalue weighted by Gasteiger charge is -2.26. The van der Waals surface area contributed by atoms with Crippen molar-refractivity contribution in [2.45, 2.75) is 119 Å². The molecule has 0 radical (unpaired) electrons. The number of nitrogens with one attached hydrogen (secondary N) is 2. The van der Waals surface area contributed by atoms with E-state index in [9.17, 15) is 0 Å². The van der Waals surface area contributed by atoms with Crippen LogP contribution >= 0.6 is 0 Å². The fraction of sp³-hybridized carbons (Fsp3) is 0.510. The molecule has 1 aliphatic heterocycles. The summed E-state index contributed by atoms with van der Waals surface area (Å²) in [5, 5.41) is 6.01. The average Bonchev–Trinajstić information content (AvgIpc) is 3.89. The molecular weight excluding hydrogens is 661 g/mol. The number of carbonyl (C=O) groups is 1. The van der Waals surface area contributed by atoms with Crippen molar-refractivity contribution in [1.29, 1.82) is 0 Å². The van der Waals surface area contributed by atoms with Gasteiger partial charge in [0, 0.05) is 43.1 Å². The number of terminal acetylenes is 2. The van der Waals surface area contributed by atoms with Gasteiger partial charge in [-0.3, -0.25) is 0 Å². The number of likely N-dealkylation sites (tertiary alicyclic amines) is 1. The number of carbonyl (C=O) groups excluding carboxylic acids is 1. The van der Waals surface area contributed by atoms with Crippen LogP contribution in [-0.2, 0) is 17.6 Å². The van der Waals surface area contributed by atoms with Crippen LogP contribution in [0.1, 0.15) is 117 Å². The minimum absolute atomic E-state index is 0.361. The molecule has 3 atom stereocenters. The number of nitrogens with zero attached hydrogens (tertiary/aromatic N) is 2. The van der Waals surface area contributed by atoms with Crippen LogP contribution in [0.4, 0.5) is 0 Å². The van der Waals surface area contributed by atoms with Gasteiger partial charge < -0.3 is 20.3 Å². The number of fused-ring (bicyclic) bond motifs is 1. The van der Waals surface area contributed by atoms with Gasteiger partial charge in [0.25, 0.3) is 0 Å². The Kier molecular flexibility index (Phi) is 34.5. The number of aromatic nitrogens is 1. The van der Waals surface area contributed by atoms with Crippen molar-refractivity contribution < 1.29 is 4.79 Å². The summed E-state index contributed by atoms with van der Waals surface area (Å²) in [6.07, 6.45) is 26.3. The van der Waals surface area contributed by atoms with Crippen LogP contribution < -0.4 is 10.6 Å². The van der Waals surface area contributed by atoms with Crippen molar-refractivity contribution in [2.75, 3.05) is 27.2 Å². The van der Waals surface area contributed by atoms with Gasteiger partial charge in [0.15, 0.2) is 0 Å². The van der Waals surface area contributed by atoms with Crippen LogP contribution in [0.2, 0.25) is 0 Å². The van der Waals surface area contributed by atoms with E-state index in [1.165, 1.54) is 72.2 Å². The summed E-state index contributed by atoms with van der Waals surface area (Å²) in [5.74, 6) is 4.64. The molecule has 2 unspecified atom stereocenters. The van der Waals surface area contributed by atoms with Gasteiger partial charge in [0.1, 0.15) is 6.79 Å². The van der Waals surface area contributed by atoms with E-state index in [0.717, 1.165) is 49.7 Å². The Bertz CT molecular complexity index is 1360. The van der Waals surface area contributed by atoms with Crippen molar-refractivity contribution in [3.8, 4) is 36.4 Å². The van der Waals surface area contributed by atoms with Crippen molar-refractivity contribution in [3.63, 3.8) is 0 Å². The largest absolute Gasteiger partial charge is 0.391 e. The molecule has 2 fully saturated rings.